The Hall–Kier alpha value is -3.41. The van der Waals surface area contributed by atoms with Gasteiger partial charge in [-0.05, 0) is 109 Å². The third-order valence-electron chi connectivity index (χ3n) is 14.6. The Morgan fingerprint density at radius 2 is 0.526 bits per heavy atom. The molecule has 0 aliphatic heterocycles. The van der Waals surface area contributed by atoms with Crippen LogP contribution in [0.2, 0.25) is 0 Å². The summed E-state index contributed by atoms with van der Waals surface area (Å²) in [5.74, 6) is -0.887. The van der Waals surface area contributed by atoms with E-state index < -0.39 is 6.10 Å². The number of unbranched alkanes of at least 4 members (excludes halogenated alkanes) is 36. The number of hydrogen-bond donors (Lipinski definition) is 0. The zero-order chi connectivity index (χ0) is 56.4. The molecule has 1 unspecified atom stereocenters. The summed E-state index contributed by atoms with van der Waals surface area (Å²) < 4.78 is 16.9. The summed E-state index contributed by atoms with van der Waals surface area (Å²) in [5.41, 5.74) is 0. The highest BCUT2D eigenvalue weighted by molar-refractivity contribution is 5.71. The van der Waals surface area contributed by atoms with Gasteiger partial charge in [0.05, 0.1) is 0 Å². The monoisotopic (exact) mass is 1090 g/mol. The minimum Gasteiger partial charge on any atom is -0.462 e. The molecule has 0 spiro atoms. The van der Waals surface area contributed by atoms with Crippen LogP contribution in [-0.2, 0) is 28.6 Å². The summed E-state index contributed by atoms with van der Waals surface area (Å²) >= 11 is 0. The third kappa shape index (κ3) is 63.4. The maximum absolute atomic E-state index is 12.9. The van der Waals surface area contributed by atoms with Crippen molar-refractivity contribution in [3.63, 3.8) is 0 Å². The summed E-state index contributed by atoms with van der Waals surface area (Å²) in [6.45, 7) is 6.48. The summed E-state index contributed by atoms with van der Waals surface area (Å²) in [6, 6.07) is 0. The largest absolute Gasteiger partial charge is 0.462 e. The molecule has 0 aliphatic rings. The van der Waals surface area contributed by atoms with Crippen LogP contribution in [0.25, 0.3) is 0 Å². The highest BCUT2D eigenvalue weighted by Gasteiger charge is 2.19. The minimum atomic E-state index is -0.784. The second-order valence-corrected chi connectivity index (χ2v) is 22.3. The quantitative estimate of drug-likeness (QED) is 0.0261. The van der Waals surface area contributed by atoms with E-state index in [0.29, 0.717) is 19.3 Å². The Balaban J connectivity index is 4.18. The van der Waals surface area contributed by atoms with Crippen molar-refractivity contribution in [3.05, 3.63) is 85.1 Å². The maximum atomic E-state index is 12.9. The van der Waals surface area contributed by atoms with E-state index in [-0.39, 0.29) is 31.1 Å². The summed E-state index contributed by atoms with van der Waals surface area (Å²) in [4.78, 5) is 38.3. The van der Waals surface area contributed by atoms with Crippen molar-refractivity contribution in [1.29, 1.82) is 0 Å². The van der Waals surface area contributed by atoms with E-state index in [0.717, 1.165) is 109 Å². The van der Waals surface area contributed by atoms with Gasteiger partial charge in [0.25, 0.3) is 0 Å². The molecule has 0 aromatic carbocycles. The van der Waals surface area contributed by atoms with Gasteiger partial charge in [0, 0.05) is 19.3 Å². The normalized spacial score (nSPS) is 12.6. The Labute approximate surface area is 484 Å². The van der Waals surface area contributed by atoms with Crippen molar-refractivity contribution in [2.24, 2.45) is 0 Å². The predicted octanol–water partition coefficient (Wildman–Crippen LogP) is 23.1. The van der Waals surface area contributed by atoms with Gasteiger partial charge in [-0.15, -0.1) is 0 Å². The van der Waals surface area contributed by atoms with Crippen molar-refractivity contribution < 1.29 is 28.6 Å². The van der Waals surface area contributed by atoms with Crippen LogP contribution in [0.5, 0.6) is 0 Å². The smallest absolute Gasteiger partial charge is 0.306 e. The first-order valence-corrected chi connectivity index (χ1v) is 33.6. The van der Waals surface area contributed by atoms with Gasteiger partial charge >= 0.3 is 17.9 Å². The highest BCUT2D eigenvalue weighted by atomic mass is 16.6. The van der Waals surface area contributed by atoms with Gasteiger partial charge in [0.1, 0.15) is 13.2 Å². The second-order valence-electron chi connectivity index (χ2n) is 22.3. The number of ether oxygens (including phenoxy) is 3. The Morgan fingerprint density at radius 1 is 0.269 bits per heavy atom. The first-order chi connectivity index (χ1) is 38.5. The molecule has 0 amide bonds. The molecule has 0 radical (unpaired) electrons. The molecule has 0 bridgehead atoms. The number of allylic oxidation sites excluding steroid dienone is 14. The molecule has 450 valence electrons. The molecule has 0 aromatic heterocycles. The van der Waals surface area contributed by atoms with E-state index in [4.69, 9.17) is 14.2 Å². The van der Waals surface area contributed by atoms with Crippen molar-refractivity contribution in [1.82, 2.24) is 0 Å². The van der Waals surface area contributed by atoms with Crippen LogP contribution in [-0.4, -0.2) is 37.2 Å². The van der Waals surface area contributed by atoms with E-state index >= 15 is 0 Å². The highest BCUT2D eigenvalue weighted by Crippen LogP contribution is 2.17. The fourth-order valence-electron chi connectivity index (χ4n) is 9.59. The lowest BCUT2D eigenvalue weighted by molar-refractivity contribution is -0.167. The van der Waals surface area contributed by atoms with Crippen LogP contribution in [0, 0.1) is 0 Å². The number of esters is 3. The van der Waals surface area contributed by atoms with E-state index in [2.05, 4.69) is 106 Å². The van der Waals surface area contributed by atoms with Crippen molar-refractivity contribution in [2.45, 2.75) is 341 Å². The van der Waals surface area contributed by atoms with E-state index in [9.17, 15) is 14.4 Å². The predicted molar refractivity (Wildman–Crippen MR) is 339 cm³/mol. The summed E-state index contributed by atoms with van der Waals surface area (Å²) in [5, 5.41) is 0. The van der Waals surface area contributed by atoms with E-state index in [1.807, 2.05) is 0 Å². The van der Waals surface area contributed by atoms with Gasteiger partial charge < -0.3 is 14.2 Å². The van der Waals surface area contributed by atoms with E-state index in [1.165, 1.54) is 186 Å². The molecular formula is C72H126O6. The molecule has 0 N–H and O–H groups in total. The first kappa shape index (κ1) is 74.6. The summed E-state index contributed by atoms with van der Waals surface area (Å²) in [6.07, 6.45) is 87.6. The lowest BCUT2D eigenvalue weighted by Crippen LogP contribution is -2.30. The molecule has 0 saturated carbocycles. The SMILES string of the molecule is CC/C=C\C/C=C\C/C=C\C/C=C\CCCCCCCCCCC(=O)OC(COC(=O)CCCCCCC/C=C\CCC)COC(=O)CCCCCCCCCCCCCCCCCCC/C=C\C/C=C\CCCCCCC. The molecule has 0 saturated heterocycles. The zero-order valence-corrected chi connectivity index (χ0v) is 51.7. The third-order valence-corrected chi connectivity index (χ3v) is 14.6. The summed E-state index contributed by atoms with van der Waals surface area (Å²) in [7, 11) is 0. The van der Waals surface area contributed by atoms with Crippen LogP contribution >= 0.6 is 0 Å². The van der Waals surface area contributed by atoms with Gasteiger partial charge in [-0.3, -0.25) is 14.4 Å². The molecule has 0 heterocycles. The van der Waals surface area contributed by atoms with Crippen molar-refractivity contribution >= 4 is 17.9 Å². The van der Waals surface area contributed by atoms with Gasteiger partial charge in [0.2, 0.25) is 0 Å². The van der Waals surface area contributed by atoms with Crippen LogP contribution in [0.4, 0.5) is 0 Å². The lowest BCUT2D eigenvalue weighted by Gasteiger charge is -2.18. The fraction of sp³-hybridized carbons (Fsp3) is 0.764. The standard InChI is InChI=1S/C72H126O6/c1-4-7-10-13-16-19-22-24-26-28-30-32-33-34-35-36-37-38-39-41-42-44-46-48-50-53-56-59-62-65-71(74)77-68-69(67-76-70(73)64-61-58-55-52-21-18-15-12-9-6-3)78-72(75)66-63-60-57-54-51-49-47-45-43-40-31-29-27-25-23-20-17-14-11-8-5-2/h8,11-12,15,17,20,22,24-25,27-28,30-31,40,69H,4-7,9-10,13-14,16,18-19,21,23,26,29,32-39,41-68H2,1-3H3/b11-8-,15-12-,20-17-,24-22-,27-25-,30-28-,40-31-. The Morgan fingerprint density at radius 3 is 0.846 bits per heavy atom. The molecule has 0 fully saturated rings. The Kier molecular flexibility index (Phi) is 63.2. The Bertz CT molecular complexity index is 1480. The van der Waals surface area contributed by atoms with Gasteiger partial charge in [-0.1, -0.05) is 292 Å². The zero-order valence-electron chi connectivity index (χ0n) is 51.7. The van der Waals surface area contributed by atoms with Gasteiger partial charge in [-0.25, -0.2) is 0 Å². The fourth-order valence-corrected chi connectivity index (χ4v) is 9.59. The van der Waals surface area contributed by atoms with Gasteiger partial charge in [-0.2, -0.15) is 0 Å². The average Bonchev–Trinajstić information content (AvgIpc) is 3.44. The maximum Gasteiger partial charge on any atom is 0.306 e. The average molecular weight is 1090 g/mol. The lowest BCUT2D eigenvalue weighted by atomic mass is 10.0. The number of hydrogen-bond acceptors (Lipinski definition) is 6. The first-order valence-electron chi connectivity index (χ1n) is 33.6. The number of carbonyl (C=O) groups excluding carboxylic acids is 3. The molecule has 0 aliphatic carbocycles. The minimum absolute atomic E-state index is 0.0802. The molecule has 0 rings (SSSR count). The molecule has 6 heteroatoms. The molecule has 78 heavy (non-hydrogen) atoms. The molecular weight excluding hydrogens is 961 g/mol. The van der Waals surface area contributed by atoms with Gasteiger partial charge in [0.15, 0.2) is 6.10 Å². The van der Waals surface area contributed by atoms with Crippen LogP contribution in [0.15, 0.2) is 85.1 Å². The molecule has 1 atom stereocenters. The molecule has 0 aromatic rings. The number of rotatable bonds is 61. The van der Waals surface area contributed by atoms with Crippen LogP contribution < -0.4 is 0 Å². The second kappa shape index (κ2) is 66.1. The van der Waals surface area contributed by atoms with E-state index in [1.54, 1.807) is 0 Å². The van der Waals surface area contributed by atoms with Crippen LogP contribution in [0.1, 0.15) is 335 Å². The molecule has 6 nitrogen and oxygen atoms in total. The van der Waals surface area contributed by atoms with Crippen LogP contribution in [0.3, 0.4) is 0 Å². The topological polar surface area (TPSA) is 78.9 Å². The van der Waals surface area contributed by atoms with Crippen molar-refractivity contribution in [2.75, 3.05) is 13.2 Å². The number of carbonyl (C=O) groups is 3. The van der Waals surface area contributed by atoms with Crippen molar-refractivity contribution in [3.8, 4) is 0 Å².